The van der Waals surface area contributed by atoms with Crippen molar-refractivity contribution in [3.05, 3.63) is 64.8 Å². The van der Waals surface area contributed by atoms with Crippen molar-refractivity contribution in [3.63, 3.8) is 0 Å². The lowest BCUT2D eigenvalue weighted by atomic mass is 10.1. The van der Waals surface area contributed by atoms with E-state index in [9.17, 15) is 4.39 Å². The molecule has 0 atom stereocenters. The van der Waals surface area contributed by atoms with Crippen LogP contribution >= 0.6 is 0 Å². The molecule has 3 aromatic rings. The van der Waals surface area contributed by atoms with Gasteiger partial charge in [0, 0.05) is 31.1 Å². The molecule has 128 valence electrons. The molecule has 0 unspecified atom stereocenters. The van der Waals surface area contributed by atoms with E-state index in [2.05, 4.69) is 15.5 Å². The van der Waals surface area contributed by atoms with Crippen molar-refractivity contribution in [2.24, 2.45) is 0 Å². The third-order valence-electron chi connectivity index (χ3n) is 4.36. The summed E-state index contributed by atoms with van der Waals surface area (Å²) in [5.74, 6) is 0.988. The Morgan fingerprint density at radius 3 is 2.88 bits per heavy atom. The number of rotatable bonds is 4. The molecule has 1 N–H and O–H groups in total. The van der Waals surface area contributed by atoms with Crippen LogP contribution in [0.4, 0.5) is 4.39 Å². The quantitative estimate of drug-likeness (QED) is 0.789. The molecule has 6 heteroatoms. The van der Waals surface area contributed by atoms with E-state index in [1.54, 1.807) is 12.1 Å². The maximum atomic E-state index is 13.1. The van der Waals surface area contributed by atoms with E-state index >= 15 is 0 Å². The summed E-state index contributed by atoms with van der Waals surface area (Å²) in [6, 6.07) is 10.1. The van der Waals surface area contributed by atoms with Crippen molar-refractivity contribution in [1.29, 1.82) is 0 Å². The molecule has 0 saturated heterocycles. The molecule has 5 nitrogen and oxygen atoms in total. The Labute approximate surface area is 144 Å². The minimum atomic E-state index is -0.283. The third-order valence-corrected chi connectivity index (χ3v) is 4.36. The zero-order chi connectivity index (χ0) is 17.2. The summed E-state index contributed by atoms with van der Waals surface area (Å²) in [7, 11) is 0. The van der Waals surface area contributed by atoms with E-state index < -0.39 is 0 Å². The SMILES string of the molecule is Cc1onc(-c2ccc(F)cc2)c1COc1ccc2c(n1)CCNC2. The molecule has 4 rings (SSSR count). The average Bonchev–Trinajstić information content (AvgIpc) is 3.01. The Bertz CT molecular complexity index is 890. The van der Waals surface area contributed by atoms with Gasteiger partial charge in [-0.15, -0.1) is 0 Å². The zero-order valence-corrected chi connectivity index (χ0v) is 13.9. The maximum absolute atomic E-state index is 13.1. The number of fused-ring (bicyclic) bond motifs is 1. The van der Waals surface area contributed by atoms with Gasteiger partial charge in [-0.05, 0) is 36.8 Å². The van der Waals surface area contributed by atoms with Crippen molar-refractivity contribution < 1.29 is 13.7 Å². The zero-order valence-electron chi connectivity index (χ0n) is 13.9. The van der Waals surface area contributed by atoms with Crippen LogP contribution in [0.3, 0.4) is 0 Å². The molecule has 0 aliphatic carbocycles. The minimum absolute atomic E-state index is 0.283. The highest BCUT2D eigenvalue weighted by molar-refractivity contribution is 5.63. The van der Waals surface area contributed by atoms with Gasteiger partial charge in [-0.25, -0.2) is 9.37 Å². The number of nitrogens with zero attached hydrogens (tertiary/aromatic N) is 2. The topological polar surface area (TPSA) is 60.2 Å². The Kier molecular flexibility index (Phi) is 4.19. The summed E-state index contributed by atoms with van der Waals surface area (Å²) < 4.78 is 24.3. The summed E-state index contributed by atoms with van der Waals surface area (Å²) >= 11 is 0. The average molecular weight is 339 g/mol. The Balaban J connectivity index is 1.55. The number of aromatic nitrogens is 2. The van der Waals surface area contributed by atoms with Gasteiger partial charge in [0.05, 0.1) is 11.3 Å². The fourth-order valence-corrected chi connectivity index (χ4v) is 2.94. The largest absolute Gasteiger partial charge is 0.473 e. The van der Waals surface area contributed by atoms with Crippen molar-refractivity contribution in [2.45, 2.75) is 26.5 Å². The first-order valence-corrected chi connectivity index (χ1v) is 8.24. The van der Waals surface area contributed by atoms with Gasteiger partial charge in [-0.1, -0.05) is 11.2 Å². The van der Waals surface area contributed by atoms with Gasteiger partial charge >= 0.3 is 0 Å². The van der Waals surface area contributed by atoms with Gasteiger partial charge in [-0.3, -0.25) is 0 Å². The molecule has 0 saturated carbocycles. The Morgan fingerprint density at radius 2 is 2.04 bits per heavy atom. The van der Waals surface area contributed by atoms with Crippen molar-refractivity contribution in [2.75, 3.05) is 6.54 Å². The summed E-state index contributed by atoms with van der Waals surface area (Å²) in [4.78, 5) is 4.59. The number of pyridine rings is 1. The standard InChI is InChI=1S/C19H18FN3O2/c1-12-16(19(23-25-12)13-2-5-15(20)6-3-13)11-24-18-7-4-14-10-21-9-8-17(14)22-18/h2-7,21H,8-11H2,1H3. The molecule has 1 aromatic carbocycles. The molecule has 0 bridgehead atoms. The number of nitrogens with one attached hydrogen (secondary N) is 1. The molecule has 0 radical (unpaired) electrons. The molecule has 1 aliphatic rings. The summed E-state index contributed by atoms with van der Waals surface area (Å²) in [6.07, 6.45) is 0.902. The van der Waals surface area contributed by atoms with E-state index in [-0.39, 0.29) is 5.82 Å². The van der Waals surface area contributed by atoms with E-state index in [1.807, 2.05) is 19.1 Å². The monoisotopic (exact) mass is 339 g/mol. The van der Waals surface area contributed by atoms with Gasteiger partial charge in [0.2, 0.25) is 5.88 Å². The maximum Gasteiger partial charge on any atom is 0.213 e. The fourth-order valence-electron chi connectivity index (χ4n) is 2.94. The van der Waals surface area contributed by atoms with Crippen LogP contribution < -0.4 is 10.1 Å². The van der Waals surface area contributed by atoms with E-state index in [0.717, 1.165) is 36.3 Å². The van der Waals surface area contributed by atoms with Crippen LogP contribution in [0.5, 0.6) is 5.88 Å². The number of benzene rings is 1. The number of halogens is 1. The molecule has 2 aromatic heterocycles. The predicted molar refractivity (Wildman–Crippen MR) is 90.6 cm³/mol. The molecule has 0 amide bonds. The van der Waals surface area contributed by atoms with E-state index in [1.165, 1.54) is 17.7 Å². The molecular weight excluding hydrogens is 321 g/mol. The van der Waals surface area contributed by atoms with Crippen LogP contribution in [0.15, 0.2) is 40.9 Å². The fraction of sp³-hybridized carbons (Fsp3) is 0.263. The number of hydrogen-bond donors (Lipinski definition) is 1. The van der Waals surface area contributed by atoms with E-state index in [0.29, 0.717) is 23.9 Å². The predicted octanol–water partition coefficient (Wildman–Crippen LogP) is 3.41. The lowest BCUT2D eigenvalue weighted by molar-refractivity contribution is 0.289. The Hall–Kier alpha value is -2.73. The molecule has 25 heavy (non-hydrogen) atoms. The Morgan fingerprint density at radius 1 is 1.20 bits per heavy atom. The summed E-state index contributed by atoms with van der Waals surface area (Å²) in [5, 5.41) is 7.42. The lowest BCUT2D eigenvalue weighted by Gasteiger charge is -2.16. The first kappa shape index (κ1) is 15.8. The van der Waals surface area contributed by atoms with Crippen LogP contribution in [0, 0.1) is 12.7 Å². The second kappa shape index (κ2) is 6.64. The van der Waals surface area contributed by atoms with Crippen LogP contribution in [0.1, 0.15) is 22.6 Å². The van der Waals surface area contributed by atoms with Crippen molar-refractivity contribution in [3.8, 4) is 17.1 Å². The highest BCUT2D eigenvalue weighted by atomic mass is 19.1. The first-order chi connectivity index (χ1) is 12.2. The normalized spacial score (nSPS) is 13.5. The second-order valence-corrected chi connectivity index (χ2v) is 6.04. The van der Waals surface area contributed by atoms with Crippen LogP contribution in [0.2, 0.25) is 0 Å². The van der Waals surface area contributed by atoms with Crippen molar-refractivity contribution in [1.82, 2.24) is 15.5 Å². The van der Waals surface area contributed by atoms with Crippen LogP contribution in [-0.4, -0.2) is 16.7 Å². The lowest BCUT2D eigenvalue weighted by Crippen LogP contribution is -2.24. The molecule has 0 fully saturated rings. The molecular formula is C19H18FN3O2. The number of aryl methyl sites for hydroxylation is 1. The summed E-state index contributed by atoms with van der Waals surface area (Å²) in [5.41, 5.74) is 4.59. The van der Waals surface area contributed by atoms with Crippen LogP contribution in [0.25, 0.3) is 11.3 Å². The highest BCUT2D eigenvalue weighted by Crippen LogP contribution is 2.27. The van der Waals surface area contributed by atoms with Crippen LogP contribution in [-0.2, 0) is 19.6 Å². The van der Waals surface area contributed by atoms with Gasteiger partial charge in [0.1, 0.15) is 23.9 Å². The summed E-state index contributed by atoms with van der Waals surface area (Å²) in [6.45, 7) is 3.92. The minimum Gasteiger partial charge on any atom is -0.473 e. The second-order valence-electron chi connectivity index (χ2n) is 6.04. The van der Waals surface area contributed by atoms with E-state index in [4.69, 9.17) is 9.26 Å². The highest BCUT2D eigenvalue weighted by Gasteiger charge is 2.17. The first-order valence-electron chi connectivity index (χ1n) is 8.24. The van der Waals surface area contributed by atoms with Gasteiger partial charge in [-0.2, -0.15) is 0 Å². The number of hydrogen-bond acceptors (Lipinski definition) is 5. The van der Waals surface area contributed by atoms with Gasteiger partial charge in [0.15, 0.2) is 0 Å². The molecule has 3 heterocycles. The van der Waals surface area contributed by atoms with Gasteiger partial charge < -0.3 is 14.6 Å². The third kappa shape index (κ3) is 3.25. The smallest absolute Gasteiger partial charge is 0.213 e. The van der Waals surface area contributed by atoms with Crippen molar-refractivity contribution >= 4 is 0 Å². The van der Waals surface area contributed by atoms with Gasteiger partial charge in [0.25, 0.3) is 0 Å². The molecule has 0 spiro atoms. The number of ether oxygens (including phenoxy) is 1. The molecule has 1 aliphatic heterocycles.